The number of amides is 1. The fourth-order valence-electron chi connectivity index (χ4n) is 4.17. The predicted octanol–water partition coefficient (Wildman–Crippen LogP) is 4.00. The second-order valence-electron chi connectivity index (χ2n) is 7.71. The Kier molecular flexibility index (Phi) is 5.00. The summed E-state index contributed by atoms with van der Waals surface area (Å²) in [5.74, 6) is 1.31. The first-order valence-electron chi connectivity index (χ1n) is 10.1. The topological polar surface area (TPSA) is 73.9 Å². The molecule has 0 saturated carbocycles. The molecule has 1 N–H and O–H groups in total. The Balaban J connectivity index is 1.39. The van der Waals surface area contributed by atoms with E-state index in [2.05, 4.69) is 42.8 Å². The number of hydrogen-bond donors (Lipinski definition) is 1. The molecule has 2 atom stereocenters. The van der Waals surface area contributed by atoms with E-state index < -0.39 is 11.5 Å². The molecule has 5 rings (SSSR count). The van der Waals surface area contributed by atoms with Crippen molar-refractivity contribution in [3.8, 4) is 22.6 Å². The van der Waals surface area contributed by atoms with Gasteiger partial charge < -0.3 is 14.0 Å². The van der Waals surface area contributed by atoms with Crippen LogP contribution in [0.1, 0.15) is 22.8 Å². The Morgan fingerprint density at radius 3 is 2.45 bits per heavy atom. The number of benzene rings is 3. The molecule has 2 aliphatic rings. The summed E-state index contributed by atoms with van der Waals surface area (Å²) in [6, 6.07) is 19.7. The van der Waals surface area contributed by atoms with E-state index in [0.29, 0.717) is 18.0 Å². The van der Waals surface area contributed by atoms with Gasteiger partial charge in [0.05, 0.1) is 5.69 Å². The summed E-state index contributed by atoms with van der Waals surface area (Å²) in [5, 5.41) is 0. The molecule has 1 unspecified atom stereocenters. The SMILES string of the molecule is Cc1cccc(C)c1-c1cccc2c1OC[C@H]2Oc1ccc(N2CC(=O)N[S+]2[O-])cc1. The van der Waals surface area contributed by atoms with Gasteiger partial charge in [-0.15, -0.1) is 4.72 Å². The molecule has 0 aromatic heterocycles. The zero-order valence-electron chi connectivity index (χ0n) is 17.3. The molecule has 0 aliphatic carbocycles. The average Bonchev–Trinajstić information content (AvgIpc) is 3.31. The van der Waals surface area contributed by atoms with Gasteiger partial charge in [-0.25, -0.2) is 0 Å². The van der Waals surface area contributed by atoms with E-state index in [4.69, 9.17) is 9.47 Å². The summed E-state index contributed by atoms with van der Waals surface area (Å²) in [4.78, 5) is 11.4. The molecular formula is C24H22N2O4S. The third-order valence-electron chi connectivity index (χ3n) is 5.61. The molecule has 2 aliphatic heterocycles. The number of rotatable bonds is 4. The summed E-state index contributed by atoms with van der Waals surface area (Å²) in [6.07, 6.45) is -0.214. The Hall–Kier alpha value is -3.16. The zero-order chi connectivity index (χ0) is 21.5. The molecule has 1 fully saturated rings. The molecule has 6 nitrogen and oxygen atoms in total. The second kappa shape index (κ2) is 7.83. The molecule has 1 amide bonds. The van der Waals surface area contributed by atoms with Crippen molar-refractivity contribution in [3.05, 3.63) is 77.4 Å². The van der Waals surface area contributed by atoms with Crippen molar-refractivity contribution in [1.29, 1.82) is 0 Å². The summed E-state index contributed by atoms with van der Waals surface area (Å²) in [7, 11) is 0. The number of carbonyl (C=O) groups excluding carboxylic acids is 1. The van der Waals surface area contributed by atoms with E-state index in [0.717, 1.165) is 16.9 Å². The number of hydrogen-bond acceptors (Lipinski definition) is 5. The average molecular weight is 435 g/mol. The lowest BCUT2D eigenvalue weighted by Gasteiger charge is -2.17. The fraction of sp³-hybridized carbons (Fsp3) is 0.208. The molecule has 158 valence electrons. The lowest BCUT2D eigenvalue weighted by molar-refractivity contribution is -0.117. The maximum atomic E-state index is 11.9. The largest absolute Gasteiger partial charge is 0.568 e. The van der Waals surface area contributed by atoms with E-state index in [9.17, 15) is 9.35 Å². The summed E-state index contributed by atoms with van der Waals surface area (Å²) >= 11 is -1.53. The van der Waals surface area contributed by atoms with Crippen molar-refractivity contribution in [3.63, 3.8) is 0 Å². The highest BCUT2D eigenvalue weighted by Crippen LogP contribution is 2.44. The Morgan fingerprint density at radius 2 is 1.77 bits per heavy atom. The number of carbonyl (C=O) groups is 1. The number of fused-ring (bicyclic) bond motifs is 1. The Labute approximate surface area is 184 Å². The van der Waals surface area contributed by atoms with Crippen LogP contribution in [-0.4, -0.2) is 23.6 Å². The highest BCUT2D eigenvalue weighted by atomic mass is 32.2. The van der Waals surface area contributed by atoms with Gasteiger partial charge in [0.1, 0.15) is 18.1 Å². The molecular weight excluding hydrogens is 412 g/mol. The minimum atomic E-state index is -1.53. The highest BCUT2D eigenvalue weighted by molar-refractivity contribution is 7.92. The zero-order valence-corrected chi connectivity index (χ0v) is 18.1. The Bertz CT molecular complexity index is 1130. The van der Waals surface area contributed by atoms with Gasteiger partial charge in [-0.1, -0.05) is 36.4 Å². The van der Waals surface area contributed by atoms with Crippen LogP contribution in [0.25, 0.3) is 11.1 Å². The van der Waals surface area contributed by atoms with Gasteiger partial charge in [0.25, 0.3) is 5.91 Å². The molecule has 31 heavy (non-hydrogen) atoms. The summed E-state index contributed by atoms with van der Waals surface area (Å²) in [6.45, 7) is 4.75. The first-order valence-corrected chi connectivity index (χ1v) is 11.2. The van der Waals surface area contributed by atoms with Gasteiger partial charge in [-0.3, -0.25) is 4.79 Å². The normalized spacial score (nSPS) is 19.7. The van der Waals surface area contributed by atoms with Crippen molar-refractivity contribution < 1.29 is 18.8 Å². The molecule has 7 heteroatoms. The van der Waals surface area contributed by atoms with E-state index >= 15 is 0 Å². The van der Waals surface area contributed by atoms with Crippen molar-refractivity contribution >= 4 is 23.1 Å². The van der Waals surface area contributed by atoms with E-state index in [1.165, 1.54) is 21.0 Å². The van der Waals surface area contributed by atoms with Gasteiger partial charge in [0, 0.05) is 11.1 Å². The van der Waals surface area contributed by atoms with Crippen LogP contribution in [0.3, 0.4) is 0 Å². The lowest BCUT2D eigenvalue weighted by atomic mass is 9.93. The van der Waals surface area contributed by atoms with E-state index in [1.54, 1.807) is 12.1 Å². The third kappa shape index (κ3) is 3.60. The standard InChI is InChI=1S/C24H22N2O4S/c1-15-5-3-6-16(2)23(15)20-8-4-7-19-21(14-29-24(19)20)30-18-11-9-17(10-12-18)26-13-22(27)25-31(26)28/h3-12,21H,13-14H2,1-2H3,(H,25,27)/t21-,31?/m1/s1. The van der Waals surface area contributed by atoms with Crippen LogP contribution in [0.15, 0.2) is 60.7 Å². The second-order valence-corrected chi connectivity index (χ2v) is 8.86. The maximum absolute atomic E-state index is 11.9. The fourth-order valence-corrected chi connectivity index (χ4v) is 5.09. The molecule has 0 radical (unpaired) electrons. The van der Waals surface area contributed by atoms with Gasteiger partial charge in [-0.2, -0.15) is 4.31 Å². The third-order valence-corrected chi connectivity index (χ3v) is 6.76. The number of nitrogens with zero attached hydrogens (tertiary/aromatic N) is 1. The highest BCUT2D eigenvalue weighted by Gasteiger charge is 2.34. The summed E-state index contributed by atoms with van der Waals surface area (Å²) in [5.41, 5.74) is 6.44. The van der Waals surface area contributed by atoms with E-state index in [-0.39, 0.29) is 18.6 Å². The minimum Gasteiger partial charge on any atom is -0.568 e. The van der Waals surface area contributed by atoms with Crippen LogP contribution < -0.4 is 18.5 Å². The first-order chi connectivity index (χ1) is 15.0. The number of nitrogens with one attached hydrogen (secondary N) is 1. The van der Waals surface area contributed by atoms with Gasteiger partial charge in [-0.05, 0) is 54.8 Å². The minimum absolute atomic E-state index is 0.0811. The summed E-state index contributed by atoms with van der Waals surface area (Å²) < 4.78 is 28.1. The smallest absolute Gasteiger partial charge is 0.287 e. The number of aryl methyl sites for hydroxylation is 2. The molecule has 0 spiro atoms. The van der Waals surface area contributed by atoms with Crippen molar-refractivity contribution in [2.24, 2.45) is 0 Å². The molecule has 1 saturated heterocycles. The van der Waals surface area contributed by atoms with E-state index in [1.807, 2.05) is 24.3 Å². The molecule has 3 aromatic rings. The monoisotopic (exact) mass is 434 g/mol. The van der Waals surface area contributed by atoms with Crippen molar-refractivity contribution in [2.45, 2.75) is 20.0 Å². The lowest BCUT2D eigenvalue weighted by Crippen LogP contribution is -2.29. The predicted molar refractivity (Wildman–Crippen MR) is 120 cm³/mol. The van der Waals surface area contributed by atoms with Crippen LogP contribution in [0.5, 0.6) is 11.5 Å². The van der Waals surface area contributed by atoms with Gasteiger partial charge in [0.2, 0.25) is 0 Å². The van der Waals surface area contributed by atoms with Crippen molar-refractivity contribution in [1.82, 2.24) is 4.72 Å². The first kappa shape index (κ1) is 19.8. The number of anilines is 1. The van der Waals surface area contributed by atoms with Crippen LogP contribution >= 0.6 is 0 Å². The number of ether oxygens (including phenoxy) is 2. The molecule has 0 bridgehead atoms. The number of para-hydroxylation sites is 1. The quantitative estimate of drug-likeness (QED) is 0.629. The van der Waals surface area contributed by atoms with Crippen LogP contribution in [0, 0.1) is 13.8 Å². The Morgan fingerprint density at radius 1 is 1.06 bits per heavy atom. The van der Waals surface area contributed by atoms with Crippen LogP contribution in [0.4, 0.5) is 5.69 Å². The maximum Gasteiger partial charge on any atom is 0.287 e. The van der Waals surface area contributed by atoms with Gasteiger partial charge in [0.15, 0.2) is 24.2 Å². The van der Waals surface area contributed by atoms with Crippen LogP contribution in [-0.2, 0) is 16.3 Å². The molecule has 3 aromatic carbocycles. The molecule has 2 heterocycles. The van der Waals surface area contributed by atoms with Crippen molar-refractivity contribution in [2.75, 3.05) is 17.5 Å². The van der Waals surface area contributed by atoms with Crippen LogP contribution in [0.2, 0.25) is 0 Å². The van der Waals surface area contributed by atoms with Gasteiger partial charge >= 0.3 is 0 Å².